The Labute approximate surface area is 158 Å². The van der Waals surface area contributed by atoms with Gasteiger partial charge in [-0.05, 0) is 30.5 Å². The number of hydrogen-bond acceptors (Lipinski definition) is 5. The lowest BCUT2D eigenvalue weighted by Crippen LogP contribution is -2.25. The molecular weight excluding hydrogens is 342 g/mol. The largest absolute Gasteiger partial charge is 0.497 e. The molecule has 0 radical (unpaired) electrons. The van der Waals surface area contributed by atoms with Crippen LogP contribution in [0.2, 0.25) is 0 Å². The molecule has 0 saturated carbocycles. The van der Waals surface area contributed by atoms with Gasteiger partial charge in [0.25, 0.3) is 0 Å². The maximum Gasteiger partial charge on any atom is 0.227 e. The van der Waals surface area contributed by atoms with Crippen molar-refractivity contribution in [3.63, 3.8) is 0 Å². The van der Waals surface area contributed by atoms with Crippen LogP contribution < -0.4 is 10.1 Å². The van der Waals surface area contributed by atoms with Gasteiger partial charge in [0.1, 0.15) is 5.75 Å². The van der Waals surface area contributed by atoms with Gasteiger partial charge in [0.15, 0.2) is 0 Å². The van der Waals surface area contributed by atoms with E-state index in [-0.39, 0.29) is 5.91 Å². The number of aryl methyl sites for hydroxylation is 2. The Hall–Kier alpha value is -3.15. The fourth-order valence-electron chi connectivity index (χ4n) is 2.71. The summed E-state index contributed by atoms with van der Waals surface area (Å²) in [5.74, 6) is 1.66. The van der Waals surface area contributed by atoms with Gasteiger partial charge in [0.05, 0.1) is 7.11 Å². The van der Waals surface area contributed by atoms with Crippen molar-refractivity contribution in [2.75, 3.05) is 13.7 Å². The molecule has 3 rings (SSSR count). The lowest BCUT2D eigenvalue weighted by Gasteiger charge is -2.04. The number of carbonyl (C=O) groups is 1. The van der Waals surface area contributed by atoms with Gasteiger partial charge < -0.3 is 14.6 Å². The first-order valence-corrected chi connectivity index (χ1v) is 9.02. The van der Waals surface area contributed by atoms with E-state index in [1.165, 1.54) is 5.56 Å². The number of hydrogen-bond donors (Lipinski definition) is 1. The van der Waals surface area contributed by atoms with Gasteiger partial charge in [-0.1, -0.05) is 47.6 Å². The molecule has 1 aromatic heterocycles. The van der Waals surface area contributed by atoms with Gasteiger partial charge >= 0.3 is 0 Å². The fourth-order valence-corrected chi connectivity index (χ4v) is 2.71. The van der Waals surface area contributed by atoms with Gasteiger partial charge in [0, 0.05) is 24.9 Å². The molecule has 140 valence electrons. The van der Waals surface area contributed by atoms with E-state index in [0.29, 0.717) is 31.1 Å². The van der Waals surface area contributed by atoms with E-state index in [1.54, 1.807) is 7.11 Å². The highest BCUT2D eigenvalue weighted by molar-refractivity contribution is 5.76. The number of ether oxygens (including phenoxy) is 1. The SMILES string of the molecule is COc1cccc(-c2noc(CCC(=O)NCCCc3ccccc3)n2)c1. The third-order valence-corrected chi connectivity index (χ3v) is 4.17. The quantitative estimate of drug-likeness (QED) is 0.588. The van der Waals surface area contributed by atoms with Crippen LogP contribution in [0.25, 0.3) is 11.4 Å². The maximum atomic E-state index is 12.0. The molecule has 1 amide bonds. The van der Waals surface area contributed by atoms with Gasteiger partial charge in [-0.2, -0.15) is 4.98 Å². The van der Waals surface area contributed by atoms with Crippen molar-refractivity contribution in [1.29, 1.82) is 0 Å². The van der Waals surface area contributed by atoms with Crippen molar-refractivity contribution in [3.05, 3.63) is 66.1 Å². The van der Waals surface area contributed by atoms with Crippen molar-refractivity contribution in [2.45, 2.75) is 25.7 Å². The molecule has 0 aliphatic heterocycles. The summed E-state index contributed by atoms with van der Waals surface area (Å²) in [7, 11) is 1.61. The number of benzene rings is 2. The molecule has 1 N–H and O–H groups in total. The Morgan fingerprint density at radius 2 is 1.96 bits per heavy atom. The van der Waals surface area contributed by atoms with Gasteiger partial charge in [-0.25, -0.2) is 0 Å². The predicted octanol–water partition coefficient (Wildman–Crippen LogP) is 3.43. The average Bonchev–Trinajstić information content (AvgIpc) is 3.20. The Morgan fingerprint density at radius 3 is 2.78 bits per heavy atom. The summed E-state index contributed by atoms with van der Waals surface area (Å²) in [4.78, 5) is 16.3. The molecule has 0 bridgehead atoms. The van der Waals surface area contributed by atoms with E-state index in [0.717, 1.165) is 24.2 Å². The molecule has 6 heteroatoms. The minimum absolute atomic E-state index is 0.0100. The molecule has 0 atom stereocenters. The average molecular weight is 365 g/mol. The van der Waals surface area contributed by atoms with Crippen LogP contribution >= 0.6 is 0 Å². The molecule has 1 heterocycles. The third-order valence-electron chi connectivity index (χ3n) is 4.17. The van der Waals surface area contributed by atoms with Crippen molar-refractivity contribution in [1.82, 2.24) is 15.5 Å². The second-order valence-corrected chi connectivity index (χ2v) is 6.18. The van der Waals surface area contributed by atoms with Crippen LogP contribution in [0.15, 0.2) is 59.1 Å². The number of nitrogens with zero attached hydrogens (tertiary/aromatic N) is 2. The highest BCUT2D eigenvalue weighted by atomic mass is 16.5. The Kier molecular flexibility index (Phi) is 6.57. The summed E-state index contributed by atoms with van der Waals surface area (Å²) in [6.07, 6.45) is 2.61. The molecule has 6 nitrogen and oxygen atoms in total. The Balaban J connectivity index is 1.41. The van der Waals surface area contributed by atoms with E-state index in [9.17, 15) is 4.79 Å². The Bertz CT molecular complexity index is 862. The molecule has 2 aromatic carbocycles. The van der Waals surface area contributed by atoms with Crippen LogP contribution in [0.5, 0.6) is 5.75 Å². The minimum atomic E-state index is -0.0100. The first-order chi connectivity index (χ1) is 13.2. The van der Waals surface area contributed by atoms with Crippen LogP contribution in [-0.2, 0) is 17.6 Å². The van der Waals surface area contributed by atoms with Crippen molar-refractivity contribution < 1.29 is 14.1 Å². The summed E-state index contributed by atoms with van der Waals surface area (Å²) in [6.45, 7) is 0.659. The number of methoxy groups -OCH3 is 1. The van der Waals surface area contributed by atoms with E-state index >= 15 is 0 Å². The van der Waals surface area contributed by atoms with Crippen LogP contribution in [0.4, 0.5) is 0 Å². The minimum Gasteiger partial charge on any atom is -0.497 e. The fraction of sp³-hybridized carbons (Fsp3) is 0.286. The van der Waals surface area contributed by atoms with Crippen molar-refractivity contribution in [3.8, 4) is 17.1 Å². The normalized spacial score (nSPS) is 10.6. The molecule has 0 unspecified atom stereocenters. The van der Waals surface area contributed by atoms with Crippen molar-refractivity contribution in [2.24, 2.45) is 0 Å². The summed E-state index contributed by atoms with van der Waals surface area (Å²) in [5.41, 5.74) is 2.09. The monoisotopic (exact) mass is 365 g/mol. The van der Waals surface area contributed by atoms with Crippen LogP contribution in [0, 0.1) is 0 Å². The topological polar surface area (TPSA) is 77.2 Å². The smallest absolute Gasteiger partial charge is 0.227 e. The van der Waals surface area contributed by atoms with Gasteiger partial charge in [-0.3, -0.25) is 4.79 Å². The number of nitrogens with one attached hydrogen (secondary N) is 1. The van der Waals surface area contributed by atoms with Gasteiger partial charge in [0.2, 0.25) is 17.6 Å². The van der Waals surface area contributed by atoms with E-state index in [1.807, 2.05) is 42.5 Å². The predicted molar refractivity (Wildman–Crippen MR) is 102 cm³/mol. The highest BCUT2D eigenvalue weighted by Crippen LogP contribution is 2.21. The number of rotatable bonds is 9. The zero-order valence-electron chi connectivity index (χ0n) is 15.4. The number of amides is 1. The highest BCUT2D eigenvalue weighted by Gasteiger charge is 2.11. The number of carbonyl (C=O) groups excluding carboxylic acids is 1. The third kappa shape index (κ3) is 5.67. The van der Waals surface area contributed by atoms with E-state index in [4.69, 9.17) is 9.26 Å². The van der Waals surface area contributed by atoms with E-state index < -0.39 is 0 Å². The molecule has 27 heavy (non-hydrogen) atoms. The molecular formula is C21H23N3O3. The van der Waals surface area contributed by atoms with Crippen molar-refractivity contribution >= 4 is 5.91 Å². The van der Waals surface area contributed by atoms with Crippen LogP contribution in [0.3, 0.4) is 0 Å². The summed E-state index contributed by atoms with van der Waals surface area (Å²) in [6, 6.07) is 17.7. The van der Waals surface area contributed by atoms with E-state index in [2.05, 4.69) is 27.6 Å². The summed E-state index contributed by atoms with van der Waals surface area (Å²) in [5, 5.41) is 6.91. The standard InChI is InChI=1S/C21H23N3O3/c1-26-18-11-5-10-17(15-18)21-23-20(27-24-21)13-12-19(25)22-14-6-9-16-7-3-2-4-8-16/h2-5,7-8,10-11,15H,6,9,12-14H2,1H3,(H,22,25). The zero-order valence-corrected chi connectivity index (χ0v) is 15.4. The first kappa shape index (κ1) is 18.6. The summed E-state index contributed by atoms with van der Waals surface area (Å²) < 4.78 is 10.4. The lowest BCUT2D eigenvalue weighted by atomic mass is 10.1. The molecule has 0 aliphatic carbocycles. The summed E-state index contributed by atoms with van der Waals surface area (Å²) >= 11 is 0. The van der Waals surface area contributed by atoms with Gasteiger partial charge in [-0.15, -0.1) is 0 Å². The molecule has 0 fully saturated rings. The second-order valence-electron chi connectivity index (χ2n) is 6.18. The molecule has 0 spiro atoms. The first-order valence-electron chi connectivity index (χ1n) is 9.02. The van der Waals surface area contributed by atoms with Crippen LogP contribution in [-0.4, -0.2) is 29.7 Å². The Morgan fingerprint density at radius 1 is 1.11 bits per heavy atom. The second kappa shape index (κ2) is 9.52. The van der Waals surface area contributed by atoms with Crippen LogP contribution in [0.1, 0.15) is 24.3 Å². The molecule has 0 saturated heterocycles. The number of aromatic nitrogens is 2. The zero-order chi connectivity index (χ0) is 18.9. The molecule has 3 aromatic rings. The molecule has 0 aliphatic rings. The maximum absolute atomic E-state index is 12.0. The lowest BCUT2D eigenvalue weighted by molar-refractivity contribution is -0.121.